The molecule has 1 nitrogen and oxygen atoms in total. The van der Waals surface area contributed by atoms with Crippen LogP contribution < -0.4 is 5.32 Å². The zero-order chi connectivity index (χ0) is 8.60. The molecule has 0 radical (unpaired) electrons. The van der Waals surface area contributed by atoms with Crippen molar-refractivity contribution in [3.8, 4) is 0 Å². The van der Waals surface area contributed by atoms with Crippen molar-refractivity contribution in [1.29, 1.82) is 0 Å². The van der Waals surface area contributed by atoms with Crippen LogP contribution in [0.15, 0.2) is 12.2 Å². The van der Waals surface area contributed by atoms with Gasteiger partial charge in [-0.3, -0.25) is 0 Å². The second-order valence-corrected chi connectivity index (χ2v) is 4.88. The van der Waals surface area contributed by atoms with Gasteiger partial charge in [0.05, 0.1) is 0 Å². The second-order valence-electron chi connectivity index (χ2n) is 4.88. The maximum atomic E-state index is 3.70. The molecule has 1 saturated carbocycles. The molecule has 2 atom stereocenters. The third-order valence-electron chi connectivity index (χ3n) is 3.18. The summed E-state index contributed by atoms with van der Waals surface area (Å²) >= 11 is 0. The Bertz CT molecular complexity index is 193. The molecule has 1 fully saturated rings. The largest absolute Gasteiger partial charge is 0.307 e. The highest BCUT2D eigenvalue weighted by Gasteiger charge is 2.45. The first kappa shape index (κ1) is 8.31. The highest BCUT2D eigenvalue weighted by Crippen LogP contribution is 2.45. The lowest BCUT2D eigenvalue weighted by molar-refractivity contribution is 0.470. The van der Waals surface area contributed by atoms with Gasteiger partial charge in [-0.15, -0.1) is 0 Å². The first-order valence-corrected chi connectivity index (χ1v) is 5.11. The van der Waals surface area contributed by atoms with Crippen molar-refractivity contribution in [2.75, 3.05) is 0 Å². The van der Waals surface area contributed by atoms with E-state index in [9.17, 15) is 0 Å². The molecule has 2 aliphatic carbocycles. The highest BCUT2D eigenvalue weighted by molar-refractivity contribution is 5.07. The minimum atomic E-state index is 0.575. The van der Waals surface area contributed by atoms with E-state index in [-0.39, 0.29) is 0 Å². The van der Waals surface area contributed by atoms with E-state index in [1.54, 1.807) is 0 Å². The van der Waals surface area contributed by atoms with E-state index < -0.39 is 0 Å². The van der Waals surface area contributed by atoms with Crippen LogP contribution in [0.4, 0.5) is 0 Å². The van der Waals surface area contributed by atoms with Gasteiger partial charge in [0, 0.05) is 12.1 Å². The summed E-state index contributed by atoms with van der Waals surface area (Å²) in [6, 6.07) is 1.45. The van der Waals surface area contributed by atoms with Crippen molar-refractivity contribution in [2.45, 2.75) is 51.6 Å². The molecule has 68 valence electrons. The Balaban J connectivity index is 1.80. The monoisotopic (exact) mass is 165 g/mol. The van der Waals surface area contributed by atoms with Gasteiger partial charge in [0.25, 0.3) is 0 Å². The summed E-state index contributed by atoms with van der Waals surface area (Å²) in [5.74, 6) is 0. The predicted molar refractivity (Wildman–Crippen MR) is 52.1 cm³/mol. The molecular formula is C11H19N. The molecule has 0 aliphatic heterocycles. The van der Waals surface area contributed by atoms with Gasteiger partial charge < -0.3 is 5.32 Å². The summed E-state index contributed by atoms with van der Waals surface area (Å²) in [6.45, 7) is 4.69. The molecule has 0 saturated heterocycles. The van der Waals surface area contributed by atoms with Crippen LogP contribution in [-0.4, -0.2) is 12.1 Å². The molecule has 0 aromatic carbocycles. The average Bonchev–Trinajstić information content (AvgIpc) is 2.61. The molecule has 1 heteroatoms. The maximum absolute atomic E-state index is 3.70. The standard InChI is InChI=1S/C11H19N/c1-11(2)8-10(11)12-9-6-4-3-5-7-9/h4,6,9-10,12H,3,5,7-8H2,1-2H3. The smallest absolute Gasteiger partial charge is 0.0252 e. The average molecular weight is 165 g/mol. The molecule has 2 aliphatic rings. The quantitative estimate of drug-likeness (QED) is 0.620. The summed E-state index contributed by atoms with van der Waals surface area (Å²) in [6.07, 6.45) is 10.0. The number of hydrogen-bond acceptors (Lipinski definition) is 1. The van der Waals surface area contributed by atoms with Gasteiger partial charge in [-0.1, -0.05) is 26.0 Å². The first-order valence-electron chi connectivity index (χ1n) is 5.11. The Morgan fingerprint density at radius 2 is 2.17 bits per heavy atom. The highest BCUT2D eigenvalue weighted by atomic mass is 15.0. The van der Waals surface area contributed by atoms with Crippen molar-refractivity contribution in [1.82, 2.24) is 5.32 Å². The molecule has 0 spiro atoms. The van der Waals surface area contributed by atoms with E-state index >= 15 is 0 Å². The Hall–Kier alpha value is -0.300. The van der Waals surface area contributed by atoms with Gasteiger partial charge in [0.2, 0.25) is 0 Å². The summed E-state index contributed by atoms with van der Waals surface area (Å²) in [5.41, 5.74) is 0.575. The molecule has 0 aromatic rings. The van der Waals surface area contributed by atoms with E-state index in [0.29, 0.717) is 11.5 Å². The first-order chi connectivity index (χ1) is 5.68. The van der Waals surface area contributed by atoms with Crippen LogP contribution in [0.3, 0.4) is 0 Å². The minimum absolute atomic E-state index is 0.575. The van der Waals surface area contributed by atoms with Gasteiger partial charge in [0.15, 0.2) is 0 Å². The van der Waals surface area contributed by atoms with Crippen LogP contribution in [0.1, 0.15) is 39.5 Å². The molecule has 2 unspecified atom stereocenters. The summed E-state index contributed by atoms with van der Waals surface area (Å²) < 4.78 is 0. The SMILES string of the molecule is CC1(C)CC1NC1C=CCCC1. The van der Waals surface area contributed by atoms with Crippen molar-refractivity contribution < 1.29 is 0 Å². The molecule has 0 amide bonds. The van der Waals surface area contributed by atoms with E-state index in [0.717, 1.165) is 6.04 Å². The normalized spacial score (nSPS) is 38.2. The molecule has 2 rings (SSSR count). The molecule has 12 heavy (non-hydrogen) atoms. The third-order valence-corrected chi connectivity index (χ3v) is 3.18. The Kier molecular flexibility index (Phi) is 1.99. The predicted octanol–water partition coefficient (Wildman–Crippen LogP) is 2.48. The van der Waals surface area contributed by atoms with E-state index in [4.69, 9.17) is 0 Å². The molecular weight excluding hydrogens is 146 g/mol. The molecule has 0 heterocycles. The van der Waals surface area contributed by atoms with Crippen LogP contribution in [0.5, 0.6) is 0 Å². The fourth-order valence-electron chi connectivity index (χ4n) is 1.96. The van der Waals surface area contributed by atoms with Crippen molar-refractivity contribution in [3.63, 3.8) is 0 Å². The van der Waals surface area contributed by atoms with Crippen molar-refractivity contribution in [3.05, 3.63) is 12.2 Å². The Morgan fingerprint density at radius 3 is 2.67 bits per heavy atom. The lowest BCUT2D eigenvalue weighted by Crippen LogP contribution is -2.32. The summed E-state index contributed by atoms with van der Waals surface area (Å²) in [4.78, 5) is 0. The van der Waals surface area contributed by atoms with Crippen molar-refractivity contribution in [2.24, 2.45) is 5.41 Å². The number of rotatable bonds is 2. The maximum Gasteiger partial charge on any atom is 0.0252 e. The molecule has 0 aromatic heterocycles. The molecule has 0 bridgehead atoms. The minimum Gasteiger partial charge on any atom is -0.307 e. The van der Waals surface area contributed by atoms with Crippen LogP contribution in [0, 0.1) is 5.41 Å². The topological polar surface area (TPSA) is 12.0 Å². The fourth-order valence-corrected chi connectivity index (χ4v) is 1.96. The number of allylic oxidation sites excluding steroid dienone is 1. The van der Waals surface area contributed by atoms with Gasteiger partial charge >= 0.3 is 0 Å². The van der Waals surface area contributed by atoms with Gasteiger partial charge in [-0.25, -0.2) is 0 Å². The van der Waals surface area contributed by atoms with E-state index in [1.165, 1.54) is 25.7 Å². The zero-order valence-electron chi connectivity index (χ0n) is 8.14. The van der Waals surface area contributed by atoms with Crippen LogP contribution >= 0.6 is 0 Å². The van der Waals surface area contributed by atoms with E-state index in [2.05, 4.69) is 31.3 Å². The number of hydrogen-bond donors (Lipinski definition) is 1. The van der Waals surface area contributed by atoms with Gasteiger partial charge in [-0.2, -0.15) is 0 Å². The summed E-state index contributed by atoms with van der Waals surface area (Å²) in [7, 11) is 0. The second kappa shape index (κ2) is 2.88. The Morgan fingerprint density at radius 1 is 1.42 bits per heavy atom. The van der Waals surface area contributed by atoms with E-state index in [1.807, 2.05) is 0 Å². The van der Waals surface area contributed by atoms with Gasteiger partial charge in [0.1, 0.15) is 0 Å². The van der Waals surface area contributed by atoms with Crippen LogP contribution in [0.25, 0.3) is 0 Å². The third kappa shape index (κ3) is 1.71. The molecule has 1 N–H and O–H groups in total. The Labute approximate surface area is 75.2 Å². The summed E-state index contributed by atoms with van der Waals surface area (Å²) in [5, 5.41) is 3.70. The van der Waals surface area contributed by atoms with Crippen molar-refractivity contribution >= 4 is 0 Å². The lowest BCUT2D eigenvalue weighted by Gasteiger charge is -2.18. The zero-order valence-corrected chi connectivity index (χ0v) is 8.14. The van der Waals surface area contributed by atoms with Gasteiger partial charge in [-0.05, 0) is 31.1 Å². The van der Waals surface area contributed by atoms with Crippen LogP contribution in [-0.2, 0) is 0 Å². The van der Waals surface area contributed by atoms with Crippen LogP contribution in [0.2, 0.25) is 0 Å². The fraction of sp³-hybridized carbons (Fsp3) is 0.818. The lowest BCUT2D eigenvalue weighted by atomic mass is 10.0. The number of nitrogens with one attached hydrogen (secondary N) is 1.